The SMILES string of the molecule is CC1(C)c2cc(C#N)ccc2-c2c(-c3nc(-c4ccccc4)nc(-c4ccc(C5(c6ccc7c(c6)sc6cc(C#N)ccc67)C6CC7CC(C6)CC5C7)cc4)n3)cccc21. The molecule has 2 aromatic heterocycles. The van der Waals surface area contributed by atoms with Crippen molar-refractivity contribution in [3.8, 4) is 57.4 Å². The van der Waals surface area contributed by atoms with E-state index in [0.717, 1.165) is 45.2 Å². The molecule has 8 aromatic rings. The highest BCUT2D eigenvalue weighted by Crippen LogP contribution is 2.65. The molecule has 0 saturated heterocycles. The van der Waals surface area contributed by atoms with Gasteiger partial charge < -0.3 is 0 Å². The van der Waals surface area contributed by atoms with Crippen molar-refractivity contribution in [3.63, 3.8) is 0 Å². The van der Waals surface area contributed by atoms with Gasteiger partial charge in [0.2, 0.25) is 0 Å². The summed E-state index contributed by atoms with van der Waals surface area (Å²) in [6.45, 7) is 4.47. The third kappa shape index (κ3) is 5.11. The molecule has 6 aromatic carbocycles. The second-order valence-electron chi connectivity index (χ2n) is 18.3. The highest BCUT2D eigenvalue weighted by Gasteiger charge is 2.58. The third-order valence-electron chi connectivity index (χ3n) is 14.9. The van der Waals surface area contributed by atoms with Gasteiger partial charge in [-0.15, -0.1) is 11.3 Å². The van der Waals surface area contributed by atoms with Crippen LogP contribution < -0.4 is 0 Å². The van der Waals surface area contributed by atoms with Crippen LogP contribution in [0.4, 0.5) is 0 Å². The van der Waals surface area contributed by atoms with Crippen LogP contribution in [0.25, 0.3) is 65.5 Å². The van der Waals surface area contributed by atoms with Gasteiger partial charge >= 0.3 is 0 Å². The zero-order valence-electron chi connectivity index (χ0n) is 33.6. The Labute approximate surface area is 354 Å². The molecule has 5 nitrogen and oxygen atoms in total. The molecule has 13 rings (SSSR count). The Morgan fingerprint density at radius 3 is 1.83 bits per heavy atom. The molecule has 0 N–H and O–H groups in total. The van der Waals surface area contributed by atoms with Crippen LogP contribution >= 0.6 is 11.3 Å². The number of nitrogens with zero attached hydrogens (tertiary/aromatic N) is 5. The summed E-state index contributed by atoms with van der Waals surface area (Å²) >= 11 is 1.82. The predicted octanol–water partition coefficient (Wildman–Crippen LogP) is 13.0. The average molecular weight is 792 g/mol. The fourth-order valence-corrected chi connectivity index (χ4v) is 13.6. The van der Waals surface area contributed by atoms with Gasteiger partial charge in [0, 0.05) is 47.7 Å². The number of fused-ring (bicyclic) bond motifs is 6. The number of hydrogen-bond donors (Lipinski definition) is 0. The summed E-state index contributed by atoms with van der Waals surface area (Å²) in [6, 6.07) is 50.1. The summed E-state index contributed by atoms with van der Waals surface area (Å²) in [5.74, 6) is 4.81. The maximum absolute atomic E-state index is 9.78. The van der Waals surface area contributed by atoms with Gasteiger partial charge in [-0.3, -0.25) is 0 Å². The fourth-order valence-electron chi connectivity index (χ4n) is 12.4. The lowest BCUT2D eigenvalue weighted by molar-refractivity contribution is -0.0417. The molecule has 0 radical (unpaired) electrons. The minimum Gasteiger partial charge on any atom is -0.208 e. The quantitative estimate of drug-likeness (QED) is 0.173. The summed E-state index contributed by atoms with van der Waals surface area (Å²) in [5, 5.41) is 21.9. The highest BCUT2D eigenvalue weighted by molar-refractivity contribution is 7.25. The summed E-state index contributed by atoms with van der Waals surface area (Å²) in [5.41, 5.74) is 11.4. The number of nitriles is 2. The Balaban J connectivity index is 1.00. The first-order chi connectivity index (χ1) is 29.3. The van der Waals surface area contributed by atoms with Crippen LogP contribution in [0.3, 0.4) is 0 Å². The van der Waals surface area contributed by atoms with Crippen molar-refractivity contribution in [3.05, 3.63) is 161 Å². The van der Waals surface area contributed by atoms with E-state index in [0.29, 0.717) is 40.4 Å². The number of hydrogen-bond acceptors (Lipinski definition) is 6. The second-order valence-corrected chi connectivity index (χ2v) is 19.4. The zero-order valence-corrected chi connectivity index (χ0v) is 34.4. The predicted molar refractivity (Wildman–Crippen MR) is 240 cm³/mol. The first kappa shape index (κ1) is 35.5. The molecule has 5 aliphatic rings. The monoisotopic (exact) mass is 791 g/mol. The molecule has 0 amide bonds. The van der Waals surface area contributed by atoms with Crippen molar-refractivity contribution in [1.82, 2.24) is 15.0 Å². The summed E-state index contributed by atoms with van der Waals surface area (Å²) < 4.78 is 2.48. The Morgan fingerprint density at radius 2 is 1.13 bits per heavy atom. The minimum absolute atomic E-state index is 0.0657. The van der Waals surface area contributed by atoms with Crippen molar-refractivity contribution < 1.29 is 0 Å². The normalized spacial score (nSPS) is 23.0. The van der Waals surface area contributed by atoms with Crippen molar-refractivity contribution >= 4 is 31.5 Å². The van der Waals surface area contributed by atoms with Crippen molar-refractivity contribution in [2.75, 3.05) is 0 Å². The van der Waals surface area contributed by atoms with Crippen LogP contribution in [0.1, 0.15) is 79.3 Å². The molecule has 0 unspecified atom stereocenters. The van der Waals surface area contributed by atoms with Gasteiger partial charge in [-0.25, -0.2) is 15.0 Å². The summed E-state index contributed by atoms with van der Waals surface area (Å²) in [7, 11) is 0. The highest BCUT2D eigenvalue weighted by atomic mass is 32.1. The molecule has 4 bridgehead atoms. The smallest absolute Gasteiger partial charge is 0.164 e. The van der Waals surface area contributed by atoms with E-state index in [-0.39, 0.29) is 10.8 Å². The van der Waals surface area contributed by atoms with Crippen LogP contribution in [-0.4, -0.2) is 15.0 Å². The average Bonchev–Trinajstić information content (AvgIpc) is 3.76. The minimum atomic E-state index is -0.280. The molecule has 288 valence electrons. The van der Waals surface area contributed by atoms with Crippen molar-refractivity contribution in [2.45, 2.75) is 56.8 Å². The third-order valence-corrected chi connectivity index (χ3v) is 16.0. The Morgan fingerprint density at radius 1 is 0.533 bits per heavy atom. The molecule has 0 spiro atoms. The van der Waals surface area contributed by atoms with E-state index in [1.807, 2.05) is 53.8 Å². The van der Waals surface area contributed by atoms with Gasteiger partial charge in [0.05, 0.1) is 23.3 Å². The van der Waals surface area contributed by atoms with Crippen LogP contribution in [-0.2, 0) is 10.8 Å². The van der Waals surface area contributed by atoms with Crippen LogP contribution in [0.15, 0.2) is 127 Å². The molecular weight excluding hydrogens is 751 g/mol. The van der Waals surface area contributed by atoms with Gasteiger partial charge in [0.25, 0.3) is 0 Å². The maximum atomic E-state index is 9.78. The van der Waals surface area contributed by atoms with Gasteiger partial charge in [0.1, 0.15) is 0 Å². The summed E-state index contributed by atoms with van der Waals surface area (Å²) in [6.07, 6.45) is 6.57. The van der Waals surface area contributed by atoms with E-state index in [4.69, 9.17) is 15.0 Å². The van der Waals surface area contributed by atoms with E-state index in [1.54, 1.807) is 0 Å². The lowest BCUT2D eigenvalue weighted by Gasteiger charge is -2.62. The van der Waals surface area contributed by atoms with Crippen molar-refractivity contribution in [2.24, 2.45) is 23.7 Å². The standard InChI is InChI=1S/C54H41N5S/c1-53(2)45-10-6-9-44(49(45)43-19-12-31(29-55)26-46(43)53)52-58-50(35-7-4-3-5-8-35)57-51(59-52)36-13-15-37(16-14-36)54(39-22-33-21-34(24-39)25-40(54)23-33)38-17-20-42-41-18-11-32(30-56)27-47(41)60-48(42)28-38/h3-20,26-28,33-34,39-40H,21-25H2,1-2H3. The largest absolute Gasteiger partial charge is 0.208 e. The van der Waals surface area contributed by atoms with Crippen LogP contribution in [0.2, 0.25) is 0 Å². The van der Waals surface area contributed by atoms with Gasteiger partial charge in [-0.2, -0.15) is 10.5 Å². The van der Waals surface area contributed by atoms with Crippen LogP contribution in [0.5, 0.6) is 0 Å². The van der Waals surface area contributed by atoms with Gasteiger partial charge in [-0.05, 0) is 119 Å². The molecule has 2 heterocycles. The van der Waals surface area contributed by atoms with Crippen LogP contribution in [0, 0.1) is 46.3 Å². The first-order valence-electron chi connectivity index (χ1n) is 21.3. The Hall–Kier alpha value is -6.47. The number of rotatable bonds is 5. The lowest BCUT2D eigenvalue weighted by atomic mass is 9.42. The molecule has 6 heteroatoms. The Bertz CT molecular complexity index is 3140. The molecular formula is C54H41N5S. The number of thiophene rings is 1. The maximum Gasteiger partial charge on any atom is 0.164 e. The topological polar surface area (TPSA) is 86.2 Å². The Kier molecular flexibility index (Phi) is 7.69. The molecule has 5 aliphatic carbocycles. The van der Waals surface area contributed by atoms with Gasteiger partial charge in [0.15, 0.2) is 17.5 Å². The molecule has 4 saturated carbocycles. The number of aromatic nitrogens is 3. The fraction of sp³-hybridized carbons (Fsp3) is 0.241. The second kappa shape index (κ2) is 13.0. The molecule has 4 fully saturated rings. The molecule has 60 heavy (non-hydrogen) atoms. The van der Waals surface area contributed by atoms with E-state index in [1.165, 1.54) is 69.0 Å². The lowest BCUT2D eigenvalue weighted by Crippen LogP contribution is -2.56. The van der Waals surface area contributed by atoms with Gasteiger partial charge in [-0.1, -0.05) is 111 Å². The van der Waals surface area contributed by atoms with E-state index in [9.17, 15) is 10.5 Å². The number of benzene rings is 6. The first-order valence-corrected chi connectivity index (χ1v) is 22.1. The van der Waals surface area contributed by atoms with E-state index < -0.39 is 0 Å². The summed E-state index contributed by atoms with van der Waals surface area (Å²) in [4.78, 5) is 15.6. The zero-order chi connectivity index (χ0) is 40.3. The van der Waals surface area contributed by atoms with E-state index >= 15 is 0 Å². The van der Waals surface area contributed by atoms with E-state index in [2.05, 4.69) is 111 Å². The van der Waals surface area contributed by atoms with Crippen molar-refractivity contribution in [1.29, 1.82) is 10.5 Å². The molecule has 0 atom stereocenters. The molecule has 0 aliphatic heterocycles.